The summed E-state index contributed by atoms with van der Waals surface area (Å²) < 4.78 is 4.75. The van der Waals surface area contributed by atoms with Gasteiger partial charge < -0.3 is 9.42 Å². The van der Waals surface area contributed by atoms with Crippen LogP contribution in [0, 0.1) is 0 Å². The summed E-state index contributed by atoms with van der Waals surface area (Å²) in [4.78, 5) is 23.7. The molecule has 0 aliphatic heterocycles. The van der Waals surface area contributed by atoms with Crippen molar-refractivity contribution in [3.05, 3.63) is 52.3 Å². The average molecular weight is 328 g/mol. The van der Waals surface area contributed by atoms with Gasteiger partial charge in [-0.1, -0.05) is 24.2 Å². The number of amides is 1. The Bertz CT molecular complexity index is 798. The molecule has 1 amide bonds. The van der Waals surface area contributed by atoms with Gasteiger partial charge in [0.25, 0.3) is 5.91 Å². The number of aromatic nitrogens is 3. The zero-order valence-corrected chi connectivity index (χ0v) is 13.7. The lowest BCUT2D eigenvalue weighted by molar-refractivity contribution is 0.0786. The molecule has 0 N–H and O–H groups in total. The highest BCUT2D eigenvalue weighted by Gasteiger charge is 2.15. The van der Waals surface area contributed by atoms with Gasteiger partial charge in [0.1, 0.15) is 0 Å². The first-order chi connectivity index (χ1) is 11.2. The molecule has 0 bridgehead atoms. The second kappa shape index (κ2) is 6.70. The van der Waals surface area contributed by atoms with Gasteiger partial charge in [-0.25, -0.2) is 4.98 Å². The van der Waals surface area contributed by atoms with Crippen molar-refractivity contribution < 1.29 is 9.32 Å². The Morgan fingerprint density at radius 1 is 1.35 bits per heavy atom. The van der Waals surface area contributed by atoms with Crippen molar-refractivity contribution in [1.29, 1.82) is 0 Å². The summed E-state index contributed by atoms with van der Waals surface area (Å²) in [6.45, 7) is 2.61. The van der Waals surface area contributed by atoms with Crippen molar-refractivity contribution in [3.8, 4) is 11.4 Å². The van der Waals surface area contributed by atoms with Crippen molar-refractivity contribution in [2.45, 2.75) is 19.9 Å². The monoisotopic (exact) mass is 328 g/mol. The summed E-state index contributed by atoms with van der Waals surface area (Å²) in [5.41, 5.74) is 1.35. The third-order valence-corrected chi connectivity index (χ3v) is 4.50. The fourth-order valence-corrected chi connectivity index (χ4v) is 3.12. The van der Waals surface area contributed by atoms with Gasteiger partial charge in [-0.15, -0.1) is 11.3 Å². The van der Waals surface area contributed by atoms with Gasteiger partial charge in [-0.2, -0.15) is 4.98 Å². The van der Waals surface area contributed by atoms with Gasteiger partial charge in [0.2, 0.25) is 12.2 Å². The van der Waals surface area contributed by atoms with Crippen molar-refractivity contribution in [1.82, 2.24) is 20.0 Å². The molecule has 2 heterocycles. The Balaban J connectivity index is 1.75. The molecule has 0 atom stereocenters. The Kier molecular flexibility index (Phi) is 4.47. The van der Waals surface area contributed by atoms with Gasteiger partial charge in [-0.3, -0.25) is 4.79 Å². The molecule has 0 saturated heterocycles. The lowest BCUT2D eigenvalue weighted by Crippen LogP contribution is -2.25. The van der Waals surface area contributed by atoms with Crippen LogP contribution in [0.5, 0.6) is 0 Å². The van der Waals surface area contributed by atoms with E-state index in [4.69, 9.17) is 4.52 Å². The summed E-state index contributed by atoms with van der Waals surface area (Å²) in [6, 6.07) is 7.22. The number of hydrogen-bond acceptors (Lipinski definition) is 6. The highest BCUT2D eigenvalue weighted by Crippen LogP contribution is 2.19. The van der Waals surface area contributed by atoms with Gasteiger partial charge in [0.15, 0.2) is 0 Å². The van der Waals surface area contributed by atoms with Crippen LogP contribution in [0.25, 0.3) is 11.4 Å². The molecule has 0 unspecified atom stereocenters. The molecular formula is C16H16N4O2S. The number of rotatable bonds is 5. The van der Waals surface area contributed by atoms with Crippen molar-refractivity contribution >= 4 is 17.2 Å². The van der Waals surface area contributed by atoms with E-state index in [2.05, 4.69) is 22.0 Å². The zero-order valence-electron chi connectivity index (χ0n) is 12.9. The van der Waals surface area contributed by atoms with E-state index in [0.29, 0.717) is 17.9 Å². The molecule has 0 aliphatic rings. The maximum Gasteiger partial charge on any atom is 0.253 e. The Morgan fingerprint density at radius 2 is 2.22 bits per heavy atom. The van der Waals surface area contributed by atoms with Crippen LogP contribution in [0.1, 0.15) is 27.2 Å². The second-order valence-corrected chi connectivity index (χ2v) is 6.27. The summed E-state index contributed by atoms with van der Waals surface area (Å²) in [6.07, 6.45) is 4.02. The predicted octanol–water partition coefficient (Wildman–Crippen LogP) is 3.03. The molecule has 0 aliphatic carbocycles. The van der Waals surface area contributed by atoms with Gasteiger partial charge in [0, 0.05) is 29.2 Å². The summed E-state index contributed by atoms with van der Waals surface area (Å²) in [7, 11) is 1.79. The molecule has 3 aromatic rings. The van der Waals surface area contributed by atoms with Gasteiger partial charge in [0.05, 0.1) is 11.6 Å². The molecule has 7 heteroatoms. The van der Waals surface area contributed by atoms with E-state index in [1.807, 2.05) is 18.3 Å². The van der Waals surface area contributed by atoms with Crippen LogP contribution in [0.3, 0.4) is 0 Å². The third kappa shape index (κ3) is 3.45. The number of nitrogens with zero attached hydrogens (tertiary/aromatic N) is 4. The van der Waals surface area contributed by atoms with Crippen LogP contribution < -0.4 is 0 Å². The van der Waals surface area contributed by atoms with Gasteiger partial charge >= 0.3 is 0 Å². The summed E-state index contributed by atoms with van der Waals surface area (Å²) in [5.74, 6) is 0.416. The average Bonchev–Trinajstić information content (AvgIpc) is 3.25. The standard InChI is InChI=1S/C16H16N4O2S/c1-3-14-17-8-13(23-14)9-20(2)16(21)12-6-4-5-11(7-12)15-18-10-22-19-15/h4-8,10H,3,9H2,1-2H3. The highest BCUT2D eigenvalue weighted by molar-refractivity contribution is 7.11. The predicted molar refractivity (Wildman–Crippen MR) is 87.0 cm³/mol. The van der Waals surface area contributed by atoms with Crippen molar-refractivity contribution in [2.24, 2.45) is 0 Å². The van der Waals surface area contributed by atoms with Crippen LogP contribution in [-0.4, -0.2) is 33.0 Å². The van der Waals surface area contributed by atoms with Crippen LogP contribution >= 0.6 is 11.3 Å². The first-order valence-electron chi connectivity index (χ1n) is 7.23. The van der Waals surface area contributed by atoms with Crippen LogP contribution in [0.4, 0.5) is 0 Å². The fraction of sp³-hybridized carbons (Fsp3) is 0.250. The van der Waals surface area contributed by atoms with Crippen LogP contribution in [-0.2, 0) is 13.0 Å². The van der Waals surface area contributed by atoms with Crippen molar-refractivity contribution in [2.75, 3.05) is 7.05 Å². The number of hydrogen-bond donors (Lipinski definition) is 0. The van der Waals surface area contributed by atoms with Crippen molar-refractivity contribution in [3.63, 3.8) is 0 Å². The van der Waals surface area contributed by atoms with Gasteiger partial charge in [-0.05, 0) is 18.6 Å². The van der Waals surface area contributed by atoms with E-state index in [0.717, 1.165) is 21.9 Å². The lowest BCUT2D eigenvalue weighted by atomic mass is 10.1. The molecule has 0 radical (unpaired) electrons. The Hall–Kier alpha value is -2.54. The normalized spacial score (nSPS) is 10.7. The molecule has 3 rings (SSSR count). The van der Waals surface area contributed by atoms with Crippen LogP contribution in [0.2, 0.25) is 0 Å². The second-order valence-electron chi connectivity index (χ2n) is 5.07. The lowest BCUT2D eigenvalue weighted by Gasteiger charge is -2.16. The van der Waals surface area contributed by atoms with E-state index >= 15 is 0 Å². The number of carbonyl (C=O) groups is 1. The highest BCUT2D eigenvalue weighted by atomic mass is 32.1. The van der Waals surface area contributed by atoms with E-state index in [-0.39, 0.29) is 5.91 Å². The largest absolute Gasteiger partial charge is 0.342 e. The molecular weight excluding hydrogens is 312 g/mol. The van der Waals surface area contributed by atoms with E-state index < -0.39 is 0 Å². The molecule has 0 spiro atoms. The van der Waals surface area contributed by atoms with E-state index in [1.54, 1.807) is 35.4 Å². The maximum atomic E-state index is 12.6. The SMILES string of the molecule is CCc1ncc(CN(C)C(=O)c2cccc(-c3ncon3)c2)s1. The molecule has 6 nitrogen and oxygen atoms in total. The first kappa shape index (κ1) is 15.4. The Morgan fingerprint density at radius 3 is 2.91 bits per heavy atom. The van der Waals surface area contributed by atoms with Crippen LogP contribution in [0.15, 0.2) is 41.4 Å². The minimum atomic E-state index is -0.0539. The minimum Gasteiger partial charge on any atom is -0.342 e. The number of benzene rings is 1. The minimum absolute atomic E-state index is 0.0539. The smallest absolute Gasteiger partial charge is 0.253 e. The maximum absolute atomic E-state index is 12.6. The van der Waals surface area contributed by atoms with E-state index in [1.165, 1.54) is 6.39 Å². The topological polar surface area (TPSA) is 72.1 Å². The first-order valence-corrected chi connectivity index (χ1v) is 8.05. The molecule has 1 aromatic carbocycles. The Labute approximate surface area is 137 Å². The molecule has 118 valence electrons. The quantitative estimate of drug-likeness (QED) is 0.720. The third-order valence-electron chi connectivity index (χ3n) is 3.37. The molecule has 0 saturated carbocycles. The number of carbonyl (C=O) groups excluding carboxylic acids is 1. The summed E-state index contributed by atoms with van der Waals surface area (Å²) >= 11 is 1.64. The zero-order chi connectivity index (χ0) is 16.2. The molecule has 0 fully saturated rings. The van der Waals surface area contributed by atoms with E-state index in [9.17, 15) is 4.79 Å². The fourth-order valence-electron chi connectivity index (χ4n) is 2.20. The number of thiazole rings is 1. The molecule has 23 heavy (non-hydrogen) atoms. The summed E-state index contributed by atoms with van der Waals surface area (Å²) in [5, 5.41) is 4.88. The molecule has 2 aromatic heterocycles. The number of aryl methyl sites for hydroxylation is 1.